The summed E-state index contributed by atoms with van der Waals surface area (Å²) in [5, 5.41) is 7.27. The van der Waals surface area contributed by atoms with Crippen LogP contribution in [0.25, 0.3) is 11.4 Å². The maximum Gasteiger partial charge on any atom is 0.227 e. The van der Waals surface area contributed by atoms with Crippen LogP contribution in [0, 0.1) is 5.82 Å². The largest absolute Gasteiger partial charge is 0.370 e. The number of hydrogen-bond acceptors (Lipinski definition) is 4. The minimum Gasteiger partial charge on any atom is -0.370 e. The molecule has 3 rings (SSSR count). The summed E-state index contributed by atoms with van der Waals surface area (Å²) in [5.41, 5.74) is 6.72. The van der Waals surface area contributed by atoms with Crippen molar-refractivity contribution in [1.29, 1.82) is 0 Å². The number of nitrogens with two attached hydrogens (primary N) is 1. The first kappa shape index (κ1) is 18.4. The lowest BCUT2D eigenvalue weighted by molar-refractivity contribution is 0.376. The SMILES string of the molecule is NC(=NCCCc1nc(-c2ccc(F)cc2)no1)NC1CCCCCC1. The normalized spacial score (nSPS) is 16.4. The molecule has 1 fully saturated rings. The molecule has 0 unspecified atom stereocenters. The summed E-state index contributed by atoms with van der Waals surface area (Å²) in [5.74, 6) is 1.26. The Morgan fingerprint density at radius 1 is 1.19 bits per heavy atom. The average Bonchev–Trinajstić information content (AvgIpc) is 2.96. The third-order valence-corrected chi connectivity index (χ3v) is 4.61. The van der Waals surface area contributed by atoms with Crippen LogP contribution in [0.1, 0.15) is 50.8 Å². The molecule has 0 bridgehead atoms. The van der Waals surface area contributed by atoms with Gasteiger partial charge in [0.25, 0.3) is 0 Å². The van der Waals surface area contributed by atoms with Gasteiger partial charge in [0.15, 0.2) is 5.96 Å². The summed E-state index contributed by atoms with van der Waals surface area (Å²) in [7, 11) is 0. The number of aliphatic imine (C=N–C) groups is 1. The first-order valence-corrected chi connectivity index (χ1v) is 9.36. The molecule has 0 aliphatic heterocycles. The minimum atomic E-state index is -0.287. The lowest BCUT2D eigenvalue weighted by Crippen LogP contribution is -2.39. The minimum absolute atomic E-state index is 0.287. The van der Waals surface area contributed by atoms with E-state index in [1.165, 1.54) is 50.7 Å². The fourth-order valence-electron chi connectivity index (χ4n) is 3.18. The van der Waals surface area contributed by atoms with Crippen LogP contribution in [0.5, 0.6) is 0 Å². The van der Waals surface area contributed by atoms with E-state index < -0.39 is 0 Å². The average molecular weight is 359 g/mol. The highest BCUT2D eigenvalue weighted by Gasteiger charge is 2.12. The van der Waals surface area contributed by atoms with E-state index in [-0.39, 0.29) is 5.82 Å². The van der Waals surface area contributed by atoms with Crippen molar-refractivity contribution in [3.8, 4) is 11.4 Å². The Hall–Kier alpha value is -2.44. The summed E-state index contributed by atoms with van der Waals surface area (Å²) >= 11 is 0. The number of halogens is 1. The van der Waals surface area contributed by atoms with Gasteiger partial charge in [-0.3, -0.25) is 4.99 Å². The Morgan fingerprint density at radius 2 is 1.92 bits per heavy atom. The van der Waals surface area contributed by atoms with Gasteiger partial charge < -0.3 is 15.6 Å². The lowest BCUT2D eigenvalue weighted by atomic mass is 10.1. The van der Waals surface area contributed by atoms with Crippen LogP contribution in [0.2, 0.25) is 0 Å². The van der Waals surface area contributed by atoms with Gasteiger partial charge in [-0.15, -0.1) is 0 Å². The Labute approximate surface area is 153 Å². The molecule has 1 aliphatic carbocycles. The summed E-state index contributed by atoms with van der Waals surface area (Å²) in [6.07, 6.45) is 8.91. The molecule has 3 N–H and O–H groups in total. The lowest BCUT2D eigenvalue weighted by Gasteiger charge is -2.16. The van der Waals surface area contributed by atoms with E-state index in [1.54, 1.807) is 12.1 Å². The fraction of sp³-hybridized carbons (Fsp3) is 0.526. The van der Waals surface area contributed by atoms with E-state index in [0.29, 0.717) is 36.7 Å². The molecule has 26 heavy (non-hydrogen) atoms. The number of guanidine groups is 1. The van der Waals surface area contributed by atoms with Gasteiger partial charge in [0.1, 0.15) is 5.82 Å². The molecule has 6 nitrogen and oxygen atoms in total. The Morgan fingerprint density at radius 3 is 2.65 bits per heavy atom. The van der Waals surface area contributed by atoms with Crippen molar-refractivity contribution in [3.63, 3.8) is 0 Å². The van der Waals surface area contributed by atoms with Crippen molar-refractivity contribution >= 4 is 5.96 Å². The van der Waals surface area contributed by atoms with Crippen LogP contribution < -0.4 is 11.1 Å². The molecule has 1 saturated carbocycles. The molecule has 7 heteroatoms. The predicted octanol–water partition coefficient (Wildman–Crippen LogP) is 3.44. The fourth-order valence-corrected chi connectivity index (χ4v) is 3.18. The van der Waals surface area contributed by atoms with Crippen LogP contribution >= 0.6 is 0 Å². The molecule has 1 aliphatic rings. The van der Waals surface area contributed by atoms with E-state index >= 15 is 0 Å². The number of aryl methyl sites for hydroxylation is 1. The second-order valence-electron chi connectivity index (χ2n) is 6.72. The van der Waals surface area contributed by atoms with Gasteiger partial charge in [0, 0.05) is 24.6 Å². The zero-order valence-electron chi connectivity index (χ0n) is 15.0. The third kappa shape index (κ3) is 5.54. The van der Waals surface area contributed by atoms with E-state index in [2.05, 4.69) is 20.4 Å². The Bertz CT molecular complexity index is 705. The Kier molecular flexibility index (Phi) is 6.57. The number of benzene rings is 1. The van der Waals surface area contributed by atoms with Gasteiger partial charge in [0.2, 0.25) is 11.7 Å². The first-order valence-electron chi connectivity index (χ1n) is 9.36. The van der Waals surface area contributed by atoms with Gasteiger partial charge in [-0.05, 0) is 43.5 Å². The summed E-state index contributed by atoms with van der Waals surface area (Å²) in [6, 6.07) is 6.48. The van der Waals surface area contributed by atoms with Crippen LogP contribution in [0.3, 0.4) is 0 Å². The smallest absolute Gasteiger partial charge is 0.227 e. The van der Waals surface area contributed by atoms with E-state index in [4.69, 9.17) is 10.3 Å². The van der Waals surface area contributed by atoms with Crippen molar-refractivity contribution in [3.05, 3.63) is 36.0 Å². The van der Waals surface area contributed by atoms with Crippen LogP contribution in [-0.2, 0) is 6.42 Å². The summed E-state index contributed by atoms with van der Waals surface area (Å²) in [4.78, 5) is 8.73. The second kappa shape index (κ2) is 9.31. The standard InChI is InChI=1S/C19H26FN5O/c20-15-11-9-14(10-12-15)18-24-17(26-25-18)8-5-13-22-19(21)23-16-6-3-1-2-4-7-16/h9-12,16H,1-8,13H2,(H3,21,22,23). The van der Waals surface area contributed by atoms with Crippen molar-refractivity contribution in [1.82, 2.24) is 15.5 Å². The van der Waals surface area contributed by atoms with Gasteiger partial charge in [0.05, 0.1) is 0 Å². The molecule has 2 aromatic rings. The predicted molar refractivity (Wildman–Crippen MR) is 99.1 cm³/mol. The first-order chi connectivity index (χ1) is 12.7. The zero-order chi connectivity index (χ0) is 18.2. The number of aromatic nitrogens is 2. The van der Waals surface area contributed by atoms with Crippen molar-refractivity contribution < 1.29 is 8.91 Å². The summed E-state index contributed by atoms with van der Waals surface area (Å²) in [6.45, 7) is 0.611. The Balaban J connectivity index is 1.42. The topological polar surface area (TPSA) is 89.3 Å². The zero-order valence-corrected chi connectivity index (χ0v) is 15.0. The third-order valence-electron chi connectivity index (χ3n) is 4.61. The quantitative estimate of drug-likeness (QED) is 0.357. The monoisotopic (exact) mass is 359 g/mol. The number of nitrogens with zero attached hydrogens (tertiary/aromatic N) is 3. The highest BCUT2D eigenvalue weighted by molar-refractivity contribution is 5.78. The van der Waals surface area contributed by atoms with Crippen molar-refractivity contribution in [2.45, 2.75) is 57.4 Å². The van der Waals surface area contributed by atoms with Gasteiger partial charge in [-0.1, -0.05) is 30.8 Å². The highest BCUT2D eigenvalue weighted by atomic mass is 19.1. The maximum atomic E-state index is 13.0. The van der Waals surface area contributed by atoms with Crippen molar-refractivity contribution in [2.75, 3.05) is 6.54 Å². The van der Waals surface area contributed by atoms with E-state index in [0.717, 1.165) is 12.0 Å². The molecule has 0 spiro atoms. The van der Waals surface area contributed by atoms with E-state index in [9.17, 15) is 4.39 Å². The van der Waals surface area contributed by atoms with Crippen molar-refractivity contribution in [2.24, 2.45) is 10.7 Å². The molecule has 1 aromatic heterocycles. The molecule has 1 aromatic carbocycles. The van der Waals surface area contributed by atoms with Gasteiger partial charge >= 0.3 is 0 Å². The number of hydrogen-bond donors (Lipinski definition) is 2. The van der Waals surface area contributed by atoms with E-state index in [1.807, 2.05) is 0 Å². The highest BCUT2D eigenvalue weighted by Crippen LogP contribution is 2.17. The second-order valence-corrected chi connectivity index (χ2v) is 6.72. The van der Waals surface area contributed by atoms with Crippen LogP contribution in [-0.4, -0.2) is 28.7 Å². The van der Waals surface area contributed by atoms with Gasteiger partial charge in [-0.25, -0.2) is 4.39 Å². The molecular formula is C19H26FN5O. The van der Waals surface area contributed by atoms with Crippen LogP contribution in [0.4, 0.5) is 4.39 Å². The molecule has 0 atom stereocenters. The molecule has 0 saturated heterocycles. The van der Waals surface area contributed by atoms with Gasteiger partial charge in [-0.2, -0.15) is 4.98 Å². The van der Waals surface area contributed by atoms with Crippen LogP contribution in [0.15, 0.2) is 33.8 Å². The molecule has 140 valence electrons. The molecule has 0 radical (unpaired) electrons. The molecular weight excluding hydrogens is 333 g/mol. The number of rotatable bonds is 6. The maximum absolute atomic E-state index is 13.0. The summed E-state index contributed by atoms with van der Waals surface area (Å²) < 4.78 is 18.2. The molecule has 0 amide bonds. The molecule has 1 heterocycles. The number of nitrogens with one attached hydrogen (secondary N) is 1.